The molecule has 0 amide bonds. The average Bonchev–Trinajstić information content (AvgIpc) is 2.58. The summed E-state index contributed by atoms with van der Waals surface area (Å²) in [6, 6.07) is 1.21. The van der Waals surface area contributed by atoms with Gasteiger partial charge in [0.2, 0.25) is 0 Å². The summed E-state index contributed by atoms with van der Waals surface area (Å²) < 4.78 is 14.4. The molecule has 16 heavy (non-hydrogen) atoms. The molecule has 0 fully saturated rings. The van der Waals surface area contributed by atoms with Crippen LogP contribution in [0.1, 0.15) is 17.4 Å². The van der Waals surface area contributed by atoms with E-state index in [0.29, 0.717) is 16.3 Å². The first kappa shape index (κ1) is 11.0. The van der Waals surface area contributed by atoms with Crippen LogP contribution < -0.4 is 0 Å². The Labute approximate surface area is 96.3 Å². The van der Waals surface area contributed by atoms with Crippen LogP contribution >= 0.6 is 11.6 Å². The Kier molecular flexibility index (Phi) is 2.89. The number of hydrogen-bond acceptors (Lipinski definition) is 3. The van der Waals surface area contributed by atoms with Crippen molar-refractivity contribution in [3.63, 3.8) is 0 Å². The molecule has 1 atom stereocenters. The van der Waals surface area contributed by atoms with Crippen molar-refractivity contribution in [2.45, 2.75) is 6.10 Å². The maximum Gasteiger partial charge on any atom is 0.141 e. The highest BCUT2D eigenvalue weighted by molar-refractivity contribution is 6.31. The molecule has 0 bridgehead atoms. The third-order valence-electron chi connectivity index (χ3n) is 2.24. The Morgan fingerprint density at radius 2 is 2.19 bits per heavy atom. The first-order valence-corrected chi connectivity index (χ1v) is 4.93. The second-order valence-corrected chi connectivity index (χ2v) is 3.75. The minimum Gasteiger partial charge on any atom is -0.382 e. The second kappa shape index (κ2) is 4.19. The minimum absolute atomic E-state index is 0.333. The van der Waals surface area contributed by atoms with Gasteiger partial charge in [-0.05, 0) is 6.07 Å². The van der Waals surface area contributed by atoms with Crippen LogP contribution in [0.15, 0.2) is 24.7 Å². The largest absolute Gasteiger partial charge is 0.382 e. The number of pyridine rings is 1. The highest BCUT2D eigenvalue weighted by Gasteiger charge is 2.18. The van der Waals surface area contributed by atoms with E-state index in [1.807, 2.05) is 0 Å². The maximum atomic E-state index is 12.9. The Morgan fingerprint density at radius 3 is 2.75 bits per heavy atom. The molecule has 1 unspecified atom stereocenters. The summed E-state index contributed by atoms with van der Waals surface area (Å²) >= 11 is 5.87. The molecule has 4 nitrogen and oxygen atoms in total. The number of aliphatic hydroxyl groups is 1. The Hall–Kier alpha value is -1.46. The number of aliphatic hydroxyl groups excluding tert-OH is 1. The summed E-state index contributed by atoms with van der Waals surface area (Å²) in [4.78, 5) is 3.67. The lowest BCUT2D eigenvalue weighted by Crippen LogP contribution is -2.07. The van der Waals surface area contributed by atoms with Crippen LogP contribution in [0.4, 0.5) is 4.39 Å². The molecule has 0 radical (unpaired) electrons. The predicted octanol–water partition coefficient (Wildman–Crippen LogP) is 1.69. The third kappa shape index (κ3) is 1.91. The Bertz CT molecular complexity index is 495. The average molecular weight is 242 g/mol. The maximum absolute atomic E-state index is 12.9. The monoisotopic (exact) mass is 241 g/mol. The van der Waals surface area contributed by atoms with E-state index in [2.05, 4.69) is 10.1 Å². The van der Waals surface area contributed by atoms with Crippen LogP contribution in [-0.4, -0.2) is 19.9 Å². The zero-order valence-corrected chi connectivity index (χ0v) is 9.19. The SMILES string of the molecule is Cn1ncc(Cl)c1C(O)c1cncc(F)c1. The lowest BCUT2D eigenvalue weighted by Gasteiger charge is -2.11. The van der Waals surface area contributed by atoms with Crippen molar-refractivity contribution in [3.8, 4) is 0 Å². The predicted molar refractivity (Wildman–Crippen MR) is 56.5 cm³/mol. The number of rotatable bonds is 2. The molecule has 2 aromatic heterocycles. The van der Waals surface area contributed by atoms with Gasteiger partial charge in [0, 0.05) is 18.8 Å². The normalized spacial score (nSPS) is 12.8. The van der Waals surface area contributed by atoms with Crippen molar-refractivity contribution in [1.29, 1.82) is 0 Å². The highest BCUT2D eigenvalue weighted by atomic mass is 35.5. The van der Waals surface area contributed by atoms with E-state index in [1.54, 1.807) is 7.05 Å². The highest BCUT2D eigenvalue weighted by Crippen LogP contribution is 2.27. The van der Waals surface area contributed by atoms with Gasteiger partial charge in [0.25, 0.3) is 0 Å². The van der Waals surface area contributed by atoms with E-state index in [-0.39, 0.29) is 0 Å². The third-order valence-corrected chi connectivity index (χ3v) is 2.53. The van der Waals surface area contributed by atoms with Crippen LogP contribution in [0.5, 0.6) is 0 Å². The molecule has 0 aliphatic rings. The van der Waals surface area contributed by atoms with Gasteiger partial charge in [-0.25, -0.2) is 4.39 Å². The zero-order valence-electron chi connectivity index (χ0n) is 8.43. The summed E-state index contributed by atoms with van der Waals surface area (Å²) in [6.07, 6.45) is 2.84. The molecule has 2 heterocycles. The number of aryl methyl sites for hydroxylation is 1. The van der Waals surface area contributed by atoms with Crippen LogP contribution in [-0.2, 0) is 7.05 Å². The summed E-state index contributed by atoms with van der Waals surface area (Å²) in [7, 11) is 1.65. The number of nitrogens with zero attached hydrogens (tertiary/aromatic N) is 3. The molecule has 0 saturated heterocycles. The lowest BCUT2D eigenvalue weighted by atomic mass is 10.1. The molecule has 0 saturated carbocycles. The first-order valence-electron chi connectivity index (χ1n) is 4.55. The van der Waals surface area contributed by atoms with E-state index in [1.165, 1.54) is 23.1 Å². The van der Waals surface area contributed by atoms with Gasteiger partial charge < -0.3 is 5.11 Å². The van der Waals surface area contributed by atoms with Crippen LogP contribution in [0.3, 0.4) is 0 Å². The fraction of sp³-hybridized carbons (Fsp3) is 0.200. The summed E-state index contributed by atoms with van der Waals surface area (Å²) in [5.74, 6) is -0.505. The Morgan fingerprint density at radius 1 is 1.44 bits per heavy atom. The smallest absolute Gasteiger partial charge is 0.141 e. The van der Waals surface area contributed by atoms with Crippen molar-refractivity contribution >= 4 is 11.6 Å². The van der Waals surface area contributed by atoms with Crippen molar-refractivity contribution in [3.05, 3.63) is 46.8 Å². The molecule has 0 aliphatic heterocycles. The van der Waals surface area contributed by atoms with Gasteiger partial charge in [-0.1, -0.05) is 11.6 Å². The fourth-order valence-corrected chi connectivity index (χ4v) is 1.73. The van der Waals surface area contributed by atoms with Gasteiger partial charge >= 0.3 is 0 Å². The quantitative estimate of drug-likeness (QED) is 0.871. The lowest BCUT2D eigenvalue weighted by molar-refractivity contribution is 0.209. The molecule has 1 N–H and O–H groups in total. The molecule has 0 aromatic carbocycles. The molecular formula is C10H9ClFN3O. The van der Waals surface area contributed by atoms with Gasteiger partial charge in [-0.15, -0.1) is 0 Å². The molecule has 0 aliphatic carbocycles. The van der Waals surface area contributed by atoms with E-state index < -0.39 is 11.9 Å². The first-order chi connectivity index (χ1) is 7.59. The number of hydrogen-bond donors (Lipinski definition) is 1. The van der Waals surface area contributed by atoms with E-state index in [4.69, 9.17) is 11.6 Å². The molecule has 84 valence electrons. The second-order valence-electron chi connectivity index (χ2n) is 3.34. The van der Waals surface area contributed by atoms with Gasteiger partial charge in [-0.2, -0.15) is 5.10 Å². The summed E-state index contributed by atoms with van der Waals surface area (Å²) in [5.41, 5.74) is 0.750. The Balaban J connectivity index is 2.43. The molecule has 0 spiro atoms. The zero-order chi connectivity index (χ0) is 11.7. The van der Waals surface area contributed by atoms with Crippen molar-refractivity contribution < 1.29 is 9.50 Å². The van der Waals surface area contributed by atoms with E-state index in [9.17, 15) is 9.50 Å². The van der Waals surface area contributed by atoms with Crippen LogP contribution in [0, 0.1) is 5.82 Å². The van der Waals surface area contributed by atoms with Crippen molar-refractivity contribution in [2.75, 3.05) is 0 Å². The number of aromatic nitrogens is 3. The number of halogens is 2. The summed E-state index contributed by atoms with van der Waals surface area (Å²) in [6.45, 7) is 0. The molecule has 2 rings (SSSR count). The van der Waals surface area contributed by atoms with Crippen LogP contribution in [0.25, 0.3) is 0 Å². The molecular weight excluding hydrogens is 233 g/mol. The van der Waals surface area contributed by atoms with Crippen LogP contribution in [0.2, 0.25) is 5.02 Å². The minimum atomic E-state index is -1.04. The fourth-order valence-electron chi connectivity index (χ4n) is 1.46. The van der Waals surface area contributed by atoms with Gasteiger partial charge in [0.15, 0.2) is 0 Å². The van der Waals surface area contributed by atoms with Gasteiger partial charge in [0.1, 0.15) is 11.9 Å². The molecule has 6 heteroatoms. The summed E-state index contributed by atoms with van der Waals surface area (Å²) in [5, 5.41) is 14.2. The standard InChI is InChI=1S/C10H9ClFN3O/c1-15-9(8(11)5-14-15)10(16)6-2-7(12)4-13-3-6/h2-5,10,16H,1H3. The van der Waals surface area contributed by atoms with Crippen molar-refractivity contribution in [1.82, 2.24) is 14.8 Å². The topological polar surface area (TPSA) is 50.9 Å². The van der Waals surface area contributed by atoms with Crippen molar-refractivity contribution in [2.24, 2.45) is 7.05 Å². The molecule has 2 aromatic rings. The van der Waals surface area contributed by atoms with E-state index >= 15 is 0 Å². The van der Waals surface area contributed by atoms with Gasteiger partial charge in [-0.3, -0.25) is 9.67 Å². The van der Waals surface area contributed by atoms with Gasteiger partial charge in [0.05, 0.1) is 23.1 Å². The van der Waals surface area contributed by atoms with E-state index in [0.717, 1.165) is 6.20 Å².